The number of imidazole rings is 1. The van der Waals surface area contributed by atoms with Crippen LogP contribution in [0.25, 0.3) is 0 Å². The van der Waals surface area contributed by atoms with Crippen LogP contribution in [-0.4, -0.2) is 62.8 Å². The van der Waals surface area contributed by atoms with Gasteiger partial charge in [-0.25, -0.2) is 14.4 Å². The number of hydrogen-bond donors (Lipinski definition) is 8. The normalized spacial score (nSPS) is 11.3. The van der Waals surface area contributed by atoms with Gasteiger partial charge in [-0.3, -0.25) is 14.4 Å². The first-order valence-electron chi connectivity index (χ1n) is 10.3. The Hall–Kier alpha value is -4.49. The van der Waals surface area contributed by atoms with Crippen molar-refractivity contribution in [2.24, 2.45) is 16.5 Å². The molecule has 1 aromatic carbocycles. The van der Waals surface area contributed by atoms with E-state index in [1.54, 1.807) is 24.3 Å². The molecule has 1 heterocycles. The van der Waals surface area contributed by atoms with Crippen LogP contribution < -0.4 is 33.1 Å². The predicted octanol–water partition coefficient (Wildman–Crippen LogP) is -1.84. The molecule has 2 rings (SSSR count). The number of benzene rings is 1. The van der Waals surface area contributed by atoms with Gasteiger partial charge < -0.3 is 42.6 Å². The van der Waals surface area contributed by atoms with Gasteiger partial charge in [-0.15, -0.1) is 0 Å². The maximum atomic E-state index is 12.2. The van der Waals surface area contributed by atoms with E-state index < -0.39 is 48.6 Å². The first-order chi connectivity index (χ1) is 16.2. The van der Waals surface area contributed by atoms with Crippen LogP contribution in [0, 0.1) is 0 Å². The second-order valence-electron chi connectivity index (χ2n) is 7.24. The lowest BCUT2D eigenvalue weighted by Gasteiger charge is -2.16. The molecule has 0 radical (unpaired) electrons. The number of aromatic amines is 1. The third kappa shape index (κ3) is 8.22. The molecule has 0 spiro atoms. The number of carbonyl (C=O) groups is 3. The summed E-state index contributed by atoms with van der Waals surface area (Å²) < 4.78 is 0.807. The molecule has 3 amide bonds. The van der Waals surface area contributed by atoms with E-state index in [1.807, 2.05) is 6.07 Å². The lowest BCUT2D eigenvalue weighted by atomic mass is 10.2. The molecule has 0 aliphatic carbocycles. The zero-order valence-electron chi connectivity index (χ0n) is 18.3. The molecule has 14 heteroatoms. The number of carboxylic acids is 1. The predicted molar refractivity (Wildman–Crippen MR) is 122 cm³/mol. The summed E-state index contributed by atoms with van der Waals surface area (Å²) in [6.45, 7) is -0.507. The maximum absolute atomic E-state index is 12.2. The Labute approximate surface area is 194 Å². The van der Waals surface area contributed by atoms with Crippen molar-refractivity contribution in [1.82, 2.24) is 25.5 Å². The minimum Gasteiger partial charge on any atom is -0.493 e. The van der Waals surface area contributed by atoms with Gasteiger partial charge in [0.1, 0.15) is 12.6 Å². The monoisotopic (exact) mass is 476 g/mol. The number of aryl methyl sites for hydroxylation is 1. The first-order valence-corrected chi connectivity index (χ1v) is 10.3. The number of carboxylic acid groups (broad SMARTS) is 1. The molecule has 2 aromatic rings. The maximum Gasteiger partial charge on any atom is 0.329 e. The van der Waals surface area contributed by atoms with Gasteiger partial charge >= 0.3 is 17.7 Å². The summed E-state index contributed by atoms with van der Waals surface area (Å²) in [6.07, 6.45) is 0.700. The van der Waals surface area contributed by atoms with Crippen molar-refractivity contribution in [3.05, 3.63) is 52.1 Å². The van der Waals surface area contributed by atoms with Gasteiger partial charge in [0, 0.05) is 19.6 Å². The lowest BCUT2D eigenvalue weighted by Crippen LogP contribution is -2.51. The van der Waals surface area contributed by atoms with Crippen molar-refractivity contribution in [2.75, 3.05) is 13.1 Å². The zero-order valence-corrected chi connectivity index (χ0v) is 18.3. The number of aliphatic imine (C=N–C) groups is 1. The van der Waals surface area contributed by atoms with Gasteiger partial charge in [0.25, 0.3) is 0 Å². The molecule has 14 nitrogen and oxygen atoms in total. The number of guanidine groups is 1. The lowest BCUT2D eigenvalue weighted by molar-refractivity contribution is -0.139. The Bertz CT molecular complexity index is 1070. The Morgan fingerprint density at radius 3 is 2.50 bits per heavy atom. The van der Waals surface area contributed by atoms with E-state index in [9.17, 15) is 29.4 Å². The van der Waals surface area contributed by atoms with Crippen LogP contribution in [0.3, 0.4) is 0 Å². The second-order valence-corrected chi connectivity index (χ2v) is 7.24. The van der Waals surface area contributed by atoms with Crippen LogP contribution in [0.4, 0.5) is 4.79 Å². The van der Waals surface area contributed by atoms with Crippen LogP contribution in [0.15, 0.2) is 40.1 Å². The molecule has 0 saturated carbocycles. The highest BCUT2D eigenvalue weighted by atomic mass is 16.4. The molecule has 0 aliphatic heterocycles. The Morgan fingerprint density at radius 2 is 1.85 bits per heavy atom. The number of nitrogens with one attached hydrogen (secondary N) is 4. The largest absolute Gasteiger partial charge is 0.493 e. The van der Waals surface area contributed by atoms with Crippen LogP contribution in [0.1, 0.15) is 17.7 Å². The molecule has 0 saturated heterocycles. The Kier molecular flexibility index (Phi) is 9.49. The van der Waals surface area contributed by atoms with Gasteiger partial charge in [-0.2, -0.15) is 0 Å². The summed E-state index contributed by atoms with van der Waals surface area (Å²) in [5.41, 5.74) is 10.8. The van der Waals surface area contributed by atoms with E-state index in [4.69, 9.17) is 11.5 Å². The minimum atomic E-state index is -1.41. The Balaban J connectivity index is 1.85. The number of aromatic hydroxyl groups is 1. The number of urea groups is 1. The molecule has 0 unspecified atom stereocenters. The SMILES string of the molecule is NC(N)=NCCCc1[nH]c(=O)n(CC(=O)NC[C@H](NC(=O)NCc2ccccc2)C(=O)O)c1O. The van der Waals surface area contributed by atoms with E-state index in [-0.39, 0.29) is 31.2 Å². The number of amides is 3. The molecule has 0 bridgehead atoms. The highest BCUT2D eigenvalue weighted by Gasteiger charge is 2.22. The zero-order chi connectivity index (χ0) is 25.1. The number of aromatic nitrogens is 2. The van der Waals surface area contributed by atoms with Crippen molar-refractivity contribution < 1.29 is 24.6 Å². The molecule has 1 atom stereocenters. The highest BCUT2D eigenvalue weighted by Crippen LogP contribution is 2.14. The number of nitrogens with zero attached hydrogens (tertiary/aromatic N) is 2. The van der Waals surface area contributed by atoms with Crippen molar-refractivity contribution >= 4 is 23.9 Å². The molecular formula is C20H28N8O6. The summed E-state index contributed by atoms with van der Waals surface area (Å²) in [4.78, 5) is 54.0. The average Bonchev–Trinajstić information content (AvgIpc) is 3.06. The number of nitrogens with two attached hydrogens (primary N) is 2. The quantitative estimate of drug-likeness (QED) is 0.0982. The van der Waals surface area contributed by atoms with E-state index in [2.05, 4.69) is 25.9 Å². The molecule has 34 heavy (non-hydrogen) atoms. The molecular weight excluding hydrogens is 448 g/mol. The summed E-state index contributed by atoms with van der Waals surface area (Å²) >= 11 is 0. The van der Waals surface area contributed by atoms with Crippen molar-refractivity contribution in [3.63, 3.8) is 0 Å². The van der Waals surface area contributed by atoms with E-state index in [1.165, 1.54) is 0 Å². The summed E-state index contributed by atoms with van der Waals surface area (Å²) in [6, 6.07) is 6.87. The minimum absolute atomic E-state index is 0.0743. The highest BCUT2D eigenvalue weighted by molar-refractivity contribution is 5.83. The summed E-state index contributed by atoms with van der Waals surface area (Å²) in [5.74, 6) is -2.59. The van der Waals surface area contributed by atoms with Gasteiger partial charge in [-0.1, -0.05) is 30.3 Å². The third-order valence-corrected chi connectivity index (χ3v) is 4.61. The topological polar surface area (TPSA) is 230 Å². The van der Waals surface area contributed by atoms with Crippen LogP contribution in [-0.2, 0) is 29.1 Å². The van der Waals surface area contributed by atoms with Gasteiger partial charge in [0.2, 0.25) is 11.8 Å². The summed E-state index contributed by atoms with van der Waals surface area (Å²) in [7, 11) is 0. The van der Waals surface area contributed by atoms with Gasteiger partial charge in [0.05, 0.1) is 5.69 Å². The van der Waals surface area contributed by atoms with Crippen LogP contribution in [0.2, 0.25) is 0 Å². The number of rotatable bonds is 12. The van der Waals surface area contributed by atoms with E-state index in [0.29, 0.717) is 6.42 Å². The fourth-order valence-electron chi connectivity index (χ4n) is 2.90. The fourth-order valence-corrected chi connectivity index (χ4v) is 2.90. The number of aliphatic carboxylic acids is 1. The number of H-pyrrole nitrogens is 1. The smallest absolute Gasteiger partial charge is 0.329 e. The van der Waals surface area contributed by atoms with Crippen molar-refractivity contribution in [3.8, 4) is 5.88 Å². The molecule has 10 N–H and O–H groups in total. The van der Waals surface area contributed by atoms with Gasteiger partial charge in [-0.05, 0) is 18.4 Å². The van der Waals surface area contributed by atoms with Crippen molar-refractivity contribution in [2.45, 2.75) is 32.0 Å². The standard InChI is InChI=1S/C20H28N8O6/c21-18(22)23-8-4-7-13-16(30)28(20(34)27-13)11-15(29)24-10-14(17(31)32)26-19(33)25-9-12-5-2-1-3-6-12/h1-3,5-6,14,30H,4,7-11H2,(H,24,29)(H,27,34)(H,31,32)(H4,21,22,23)(H2,25,26,33)/t14-/m0/s1. The summed E-state index contributed by atoms with van der Waals surface area (Å²) in [5, 5.41) is 26.6. The first kappa shape index (κ1) is 25.8. The number of hydrogen-bond acceptors (Lipinski definition) is 6. The van der Waals surface area contributed by atoms with Crippen molar-refractivity contribution in [1.29, 1.82) is 0 Å². The van der Waals surface area contributed by atoms with Crippen LogP contribution in [0.5, 0.6) is 5.88 Å². The molecule has 184 valence electrons. The van der Waals surface area contributed by atoms with E-state index in [0.717, 1.165) is 10.1 Å². The second kappa shape index (κ2) is 12.5. The molecule has 1 aromatic heterocycles. The third-order valence-electron chi connectivity index (χ3n) is 4.61. The average molecular weight is 476 g/mol. The fraction of sp³-hybridized carbons (Fsp3) is 0.350. The van der Waals surface area contributed by atoms with E-state index >= 15 is 0 Å². The van der Waals surface area contributed by atoms with Gasteiger partial charge in [0.15, 0.2) is 5.96 Å². The molecule has 0 fully saturated rings. The molecule has 0 aliphatic rings. The number of carbonyl (C=O) groups excluding carboxylic acids is 2. The van der Waals surface area contributed by atoms with Crippen LogP contribution >= 0.6 is 0 Å². The Morgan fingerprint density at radius 1 is 1.15 bits per heavy atom.